The predicted molar refractivity (Wildman–Crippen MR) is 83.5 cm³/mol. The molecule has 1 N–H and O–H groups in total. The van der Waals surface area contributed by atoms with Gasteiger partial charge in [-0.25, -0.2) is 4.98 Å². The average Bonchev–Trinajstić information content (AvgIpc) is 2.88. The second kappa shape index (κ2) is 5.66. The van der Waals surface area contributed by atoms with Gasteiger partial charge >= 0.3 is 0 Å². The summed E-state index contributed by atoms with van der Waals surface area (Å²) < 4.78 is 10.6. The molecule has 0 unspecified atom stereocenters. The largest absolute Gasteiger partial charge is 0.497 e. The van der Waals surface area contributed by atoms with E-state index in [0.717, 1.165) is 40.1 Å². The van der Waals surface area contributed by atoms with Crippen LogP contribution in [0.1, 0.15) is 11.1 Å². The number of fused-ring (bicyclic) bond motifs is 1. The molecule has 2 aromatic heterocycles. The number of aromatic amines is 1. The van der Waals surface area contributed by atoms with Crippen molar-refractivity contribution in [1.29, 1.82) is 0 Å². The van der Waals surface area contributed by atoms with Crippen LogP contribution in [0.2, 0.25) is 5.15 Å². The Morgan fingerprint density at radius 3 is 2.48 bits per heavy atom. The fourth-order valence-electron chi connectivity index (χ4n) is 2.37. The SMILES string of the molecule is COc1cc(Cc2c[nH]c3nc(Cl)ccc23)cc(OC)c1. The van der Waals surface area contributed by atoms with Crippen LogP contribution in [0.15, 0.2) is 36.5 Å². The molecule has 4 nitrogen and oxygen atoms in total. The highest BCUT2D eigenvalue weighted by Crippen LogP contribution is 2.26. The van der Waals surface area contributed by atoms with Crippen molar-refractivity contribution in [3.05, 3.63) is 52.8 Å². The van der Waals surface area contributed by atoms with Gasteiger partial charge in [-0.05, 0) is 41.8 Å². The molecular weight excluding hydrogens is 288 g/mol. The lowest BCUT2D eigenvalue weighted by Crippen LogP contribution is -1.92. The topological polar surface area (TPSA) is 47.1 Å². The second-order valence-electron chi connectivity index (χ2n) is 4.74. The Kier molecular flexibility index (Phi) is 3.71. The lowest BCUT2D eigenvalue weighted by molar-refractivity contribution is 0.393. The zero-order valence-corrected chi connectivity index (χ0v) is 12.6. The molecular formula is C16H15ClN2O2. The van der Waals surface area contributed by atoms with Gasteiger partial charge in [0.05, 0.1) is 14.2 Å². The van der Waals surface area contributed by atoms with E-state index < -0.39 is 0 Å². The summed E-state index contributed by atoms with van der Waals surface area (Å²) in [5.74, 6) is 1.57. The molecule has 3 aromatic rings. The number of nitrogens with zero attached hydrogens (tertiary/aromatic N) is 1. The van der Waals surface area contributed by atoms with E-state index in [-0.39, 0.29) is 0 Å². The third-order valence-electron chi connectivity index (χ3n) is 3.40. The Labute approximate surface area is 127 Å². The number of hydrogen-bond acceptors (Lipinski definition) is 3. The van der Waals surface area contributed by atoms with Crippen LogP contribution in [0.4, 0.5) is 0 Å². The number of hydrogen-bond donors (Lipinski definition) is 1. The van der Waals surface area contributed by atoms with Gasteiger partial charge in [-0.15, -0.1) is 0 Å². The Hall–Kier alpha value is -2.20. The maximum atomic E-state index is 5.90. The zero-order valence-electron chi connectivity index (χ0n) is 11.8. The summed E-state index contributed by atoms with van der Waals surface area (Å²) in [4.78, 5) is 7.41. The van der Waals surface area contributed by atoms with E-state index >= 15 is 0 Å². The third kappa shape index (κ3) is 2.81. The molecule has 0 saturated carbocycles. The Morgan fingerprint density at radius 1 is 1.10 bits per heavy atom. The number of nitrogens with one attached hydrogen (secondary N) is 1. The number of H-pyrrole nitrogens is 1. The average molecular weight is 303 g/mol. The lowest BCUT2D eigenvalue weighted by atomic mass is 10.0. The predicted octanol–water partition coefficient (Wildman–Crippen LogP) is 3.82. The number of methoxy groups -OCH3 is 2. The molecule has 0 saturated heterocycles. The standard InChI is InChI=1S/C16H15ClN2O2/c1-20-12-6-10(7-13(8-12)21-2)5-11-9-18-16-14(11)3-4-15(17)19-16/h3-4,6-9H,5H2,1-2H3,(H,18,19). The van der Waals surface area contributed by atoms with E-state index in [1.54, 1.807) is 20.3 Å². The summed E-state index contributed by atoms with van der Waals surface area (Å²) in [6.45, 7) is 0. The van der Waals surface area contributed by atoms with Crippen molar-refractivity contribution >= 4 is 22.6 Å². The smallest absolute Gasteiger partial charge is 0.139 e. The molecule has 1 aromatic carbocycles. The van der Waals surface area contributed by atoms with Gasteiger partial charge in [0.15, 0.2) is 0 Å². The molecule has 2 heterocycles. The monoisotopic (exact) mass is 302 g/mol. The second-order valence-corrected chi connectivity index (χ2v) is 5.13. The molecule has 0 aliphatic heterocycles. The summed E-state index contributed by atoms with van der Waals surface area (Å²) in [5.41, 5.74) is 3.07. The number of halogens is 1. The van der Waals surface area contributed by atoms with Crippen LogP contribution in [-0.2, 0) is 6.42 Å². The first kappa shape index (κ1) is 13.8. The van der Waals surface area contributed by atoms with Crippen molar-refractivity contribution in [3.63, 3.8) is 0 Å². The van der Waals surface area contributed by atoms with Crippen LogP contribution in [0.3, 0.4) is 0 Å². The van der Waals surface area contributed by atoms with Gasteiger partial charge < -0.3 is 14.5 Å². The molecule has 0 amide bonds. The van der Waals surface area contributed by atoms with Crippen molar-refractivity contribution in [2.45, 2.75) is 6.42 Å². The number of benzene rings is 1. The van der Waals surface area contributed by atoms with Crippen LogP contribution >= 0.6 is 11.6 Å². The summed E-state index contributed by atoms with van der Waals surface area (Å²) in [6, 6.07) is 9.65. The van der Waals surface area contributed by atoms with E-state index in [0.29, 0.717) is 5.15 Å². The van der Waals surface area contributed by atoms with E-state index in [1.165, 1.54) is 0 Å². The molecule has 21 heavy (non-hydrogen) atoms. The maximum Gasteiger partial charge on any atom is 0.139 e. The van der Waals surface area contributed by atoms with Gasteiger partial charge in [-0.2, -0.15) is 0 Å². The summed E-state index contributed by atoms with van der Waals surface area (Å²) in [5, 5.41) is 1.56. The van der Waals surface area contributed by atoms with Gasteiger partial charge in [0, 0.05) is 17.6 Å². The molecule has 0 spiro atoms. The first-order valence-corrected chi connectivity index (χ1v) is 6.92. The molecule has 0 aliphatic rings. The lowest BCUT2D eigenvalue weighted by Gasteiger charge is -2.08. The van der Waals surface area contributed by atoms with Crippen LogP contribution in [0.5, 0.6) is 11.5 Å². The Morgan fingerprint density at radius 2 is 1.81 bits per heavy atom. The highest BCUT2D eigenvalue weighted by molar-refractivity contribution is 6.29. The fourth-order valence-corrected chi connectivity index (χ4v) is 2.52. The van der Waals surface area contributed by atoms with E-state index in [4.69, 9.17) is 21.1 Å². The van der Waals surface area contributed by atoms with E-state index in [2.05, 4.69) is 9.97 Å². The minimum absolute atomic E-state index is 0.485. The zero-order chi connectivity index (χ0) is 14.8. The maximum absolute atomic E-state index is 5.90. The molecule has 0 atom stereocenters. The number of aromatic nitrogens is 2. The quantitative estimate of drug-likeness (QED) is 0.745. The first-order chi connectivity index (χ1) is 10.2. The molecule has 108 valence electrons. The molecule has 0 aliphatic carbocycles. The van der Waals surface area contributed by atoms with Gasteiger partial charge in [-0.1, -0.05) is 11.6 Å². The van der Waals surface area contributed by atoms with Gasteiger partial charge in [0.2, 0.25) is 0 Å². The molecule has 0 bridgehead atoms. The highest BCUT2D eigenvalue weighted by atomic mass is 35.5. The van der Waals surface area contributed by atoms with Crippen LogP contribution < -0.4 is 9.47 Å². The fraction of sp³-hybridized carbons (Fsp3) is 0.188. The first-order valence-electron chi connectivity index (χ1n) is 6.54. The summed E-state index contributed by atoms with van der Waals surface area (Å²) in [7, 11) is 3.30. The molecule has 0 fully saturated rings. The van der Waals surface area contributed by atoms with Crippen molar-refractivity contribution < 1.29 is 9.47 Å². The van der Waals surface area contributed by atoms with Gasteiger partial charge in [0.1, 0.15) is 22.3 Å². The molecule has 3 rings (SSSR count). The summed E-state index contributed by atoms with van der Waals surface area (Å²) in [6.07, 6.45) is 2.72. The van der Waals surface area contributed by atoms with E-state index in [9.17, 15) is 0 Å². The normalized spacial score (nSPS) is 10.8. The van der Waals surface area contributed by atoms with Gasteiger partial charge in [0.25, 0.3) is 0 Å². The number of rotatable bonds is 4. The van der Waals surface area contributed by atoms with Crippen LogP contribution in [0.25, 0.3) is 11.0 Å². The number of ether oxygens (including phenoxy) is 2. The van der Waals surface area contributed by atoms with Crippen molar-refractivity contribution in [3.8, 4) is 11.5 Å². The van der Waals surface area contributed by atoms with Crippen molar-refractivity contribution in [2.75, 3.05) is 14.2 Å². The Balaban J connectivity index is 1.98. The minimum atomic E-state index is 0.485. The van der Waals surface area contributed by atoms with Crippen molar-refractivity contribution in [2.24, 2.45) is 0 Å². The van der Waals surface area contributed by atoms with E-state index in [1.807, 2.05) is 30.5 Å². The molecule has 0 radical (unpaired) electrons. The van der Waals surface area contributed by atoms with Crippen molar-refractivity contribution in [1.82, 2.24) is 9.97 Å². The summed E-state index contributed by atoms with van der Waals surface area (Å²) >= 11 is 5.90. The third-order valence-corrected chi connectivity index (χ3v) is 3.61. The van der Waals surface area contributed by atoms with Gasteiger partial charge in [-0.3, -0.25) is 0 Å². The minimum Gasteiger partial charge on any atom is -0.497 e. The highest BCUT2D eigenvalue weighted by Gasteiger charge is 2.08. The van der Waals surface area contributed by atoms with Crippen LogP contribution in [-0.4, -0.2) is 24.2 Å². The van der Waals surface area contributed by atoms with Crippen LogP contribution in [0, 0.1) is 0 Å². The number of pyridine rings is 1. The Bertz CT molecular complexity index is 761. The molecule has 5 heteroatoms.